The van der Waals surface area contributed by atoms with Crippen LogP contribution >= 0.6 is 0 Å². The van der Waals surface area contributed by atoms with Gasteiger partial charge in [-0.2, -0.15) is 5.06 Å². The molecule has 0 saturated carbocycles. The van der Waals surface area contributed by atoms with Crippen LogP contribution in [0.4, 0.5) is 0 Å². The zero-order valence-corrected chi connectivity index (χ0v) is 43.4. The number of amides is 7. The minimum atomic E-state index is -0.753. The number of hydrogen-bond acceptors (Lipinski definition) is 16. The fourth-order valence-electron chi connectivity index (χ4n) is 8.42. The second kappa shape index (κ2) is 30.5. The summed E-state index contributed by atoms with van der Waals surface area (Å²) in [5, 5.41) is 15.5. The fraction of sp³-hybridized carbons (Fsp3) is 0.844. The third kappa shape index (κ3) is 20.1. The topological polar surface area (TPSA) is 256 Å². The average molecular weight is 976 g/mol. The number of piperidine rings is 1. The van der Waals surface area contributed by atoms with Crippen molar-refractivity contribution in [3.8, 4) is 0 Å². The lowest BCUT2D eigenvalue weighted by Gasteiger charge is -2.51. The van der Waals surface area contributed by atoms with Gasteiger partial charge in [0.05, 0.1) is 90.0 Å². The van der Waals surface area contributed by atoms with Gasteiger partial charge in [-0.05, 0) is 68.2 Å². The van der Waals surface area contributed by atoms with E-state index >= 15 is 0 Å². The van der Waals surface area contributed by atoms with Crippen LogP contribution < -0.4 is 11.1 Å². The van der Waals surface area contributed by atoms with Crippen LogP contribution in [0.5, 0.6) is 0 Å². The number of carbonyl (C=O) groups excluding carboxylic acids is 7. The molecule has 0 aromatic rings. The van der Waals surface area contributed by atoms with Gasteiger partial charge < -0.3 is 74.1 Å². The van der Waals surface area contributed by atoms with E-state index in [0.717, 1.165) is 0 Å². The highest BCUT2D eigenvalue weighted by atomic mass is 16.5. The van der Waals surface area contributed by atoms with E-state index < -0.39 is 110 Å². The number of ether oxygens (including phenoxy) is 6. The van der Waals surface area contributed by atoms with Gasteiger partial charge in [0.2, 0.25) is 41.4 Å². The largest absolute Gasteiger partial charge is 0.383 e. The molecule has 23 nitrogen and oxygen atoms in total. The summed E-state index contributed by atoms with van der Waals surface area (Å²) in [6, 6.07) is -2.56. The molecule has 23 heteroatoms. The van der Waals surface area contributed by atoms with Crippen LogP contribution in [0.1, 0.15) is 68.2 Å². The van der Waals surface area contributed by atoms with Crippen molar-refractivity contribution in [2.24, 2.45) is 5.73 Å². The zero-order chi connectivity index (χ0) is 51.9. The average Bonchev–Trinajstić information content (AvgIpc) is 3.26. The van der Waals surface area contributed by atoms with Crippen LogP contribution in [-0.2, 0) is 62.0 Å². The summed E-state index contributed by atoms with van der Waals surface area (Å²) < 4.78 is 31.8. The molecule has 1 heterocycles. The van der Waals surface area contributed by atoms with E-state index in [0.29, 0.717) is 12.8 Å². The van der Waals surface area contributed by atoms with Crippen LogP contribution in [-0.4, -0.2) is 264 Å². The summed E-state index contributed by atoms with van der Waals surface area (Å²) >= 11 is 0. The summed E-state index contributed by atoms with van der Waals surface area (Å²) in [5.41, 5.74) is 4.33. The van der Waals surface area contributed by atoms with Crippen molar-refractivity contribution in [1.29, 1.82) is 0 Å². The molecule has 1 saturated heterocycles. The van der Waals surface area contributed by atoms with E-state index in [-0.39, 0.29) is 71.2 Å². The number of carbonyl (C=O) groups is 7. The highest BCUT2D eigenvalue weighted by Gasteiger charge is 2.45. The lowest BCUT2D eigenvalue weighted by atomic mass is 9.79. The summed E-state index contributed by atoms with van der Waals surface area (Å²) in [7, 11) is 8.69. The van der Waals surface area contributed by atoms with Gasteiger partial charge in [-0.3, -0.25) is 33.6 Å². The molecule has 394 valence electrons. The molecule has 1 aliphatic heterocycles. The molecular weight excluding hydrogens is 891 g/mol. The van der Waals surface area contributed by atoms with Crippen molar-refractivity contribution in [2.75, 3.05) is 141 Å². The Balaban J connectivity index is 3.47. The Labute approximate surface area is 404 Å². The molecule has 0 unspecified atom stereocenters. The molecule has 68 heavy (non-hydrogen) atoms. The Hall–Kier alpha value is -4.07. The van der Waals surface area contributed by atoms with E-state index in [2.05, 4.69) is 5.32 Å². The molecule has 1 rings (SSSR count). The molecule has 1 fully saturated rings. The van der Waals surface area contributed by atoms with Crippen LogP contribution in [0.2, 0.25) is 0 Å². The van der Waals surface area contributed by atoms with Crippen LogP contribution in [0.15, 0.2) is 0 Å². The minimum absolute atomic E-state index is 0.0158. The standard InChI is InChI=1S/C45H85N9O14/c1-32(28-65-11)50(22-37(46)55)41(59)23-48(15-17-63-9)40(58)26-52(34(3)30-67-13)43(61)27-53(35(4)31-68-14)42(60)24-49(16-18-64-10)39(57)25-51(33(2)29-66-12)38(56)21-47-36-19-44(5,6)54(62)45(7,8)20-36/h32-36,47,62H,15-31H2,1-14H3,(H2,46,55)/t32-,33-,34-,35-/m0/s1. The SMILES string of the molecule is COCCN(CC(=O)N(CC(N)=O)[C@@H](C)COC)C(=O)CN(C(=O)CN(C(=O)CN(CCOC)C(=O)CN(C(=O)CNC1CC(C)(C)N(O)C(C)(C)C1)[C@@H](C)COC)[C@@H](C)COC)[C@@H](C)COC. The van der Waals surface area contributed by atoms with E-state index in [1.165, 1.54) is 77.1 Å². The molecule has 0 radical (unpaired) electrons. The molecule has 0 aromatic carbocycles. The maximum Gasteiger partial charge on any atom is 0.242 e. The Morgan fingerprint density at radius 1 is 0.529 bits per heavy atom. The third-order valence-corrected chi connectivity index (χ3v) is 12.0. The highest BCUT2D eigenvalue weighted by molar-refractivity contribution is 5.93. The predicted octanol–water partition coefficient (Wildman–Crippen LogP) is -1.12. The molecular formula is C45H85N9O14. The van der Waals surface area contributed by atoms with Crippen molar-refractivity contribution in [3.63, 3.8) is 0 Å². The lowest BCUT2D eigenvalue weighted by Crippen LogP contribution is -2.63. The molecule has 1 aliphatic rings. The summed E-state index contributed by atoms with van der Waals surface area (Å²) in [5.74, 6) is -4.12. The summed E-state index contributed by atoms with van der Waals surface area (Å²) in [4.78, 5) is 104. The first-order chi connectivity index (χ1) is 31.8. The predicted molar refractivity (Wildman–Crippen MR) is 251 cm³/mol. The number of nitrogens with zero attached hydrogens (tertiary/aromatic N) is 7. The first kappa shape index (κ1) is 61.9. The molecule has 7 amide bonds. The van der Waals surface area contributed by atoms with Crippen molar-refractivity contribution in [2.45, 2.75) is 110 Å². The molecule has 4 N–H and O–H groups in total. The molecule has 0 aliphatic carbocycles. The van der Waals surface area contributed by atoms with Crippen molar-refractivity contribution in [3.05, 3.63) is 0 Å². The van der Waals surface area contributed by atoms with Gasteiger partial charge in [0, 0.05) is 72.9 Å². The van der Waals surface area contributed by atoms with Gasteiger partial charge in [-0.25, -0.2) is 0 Å². The lowest BCUT2D eigenvalue weighted by molar-refractivity contribution is -0.246. The molecule has 0 spiro atoms. The monoisotopic (exact) mass is 976 g/mol. The van der Waals surface area contributed by atoms with Gasteiger partial charge in [0.1, 0.15) is 19.6 Å². The van der Waals surface area contributed by atoms with E-state index in [1.807, 2.05) is 27.7 Å². The number of nitrogens with two attached hydrogens (primary N) is 1. The van der Waals surface area contributed by atoms with Crippen molar-refractivity contribution in [1.82, 2.24) is 39.8 Å². The van der Waals surface area contributed by atoms with Crippen LogP contribution in [0.3, 0.4) is 0 Å². The summed E-state index contributed by atoms with van der Waals surface area (Å²) in [6.45, 7) is 11.9. The number of primary amides is 1. The zero-order valence-electron chi connectivity index (χ0n) is 43.4. The third-order valence-electron chi connectivity index (χ3n) is 12.0. The highest BCUT2D eigenvalue weighted by Crippen LogP contribution is 2.36. The fourth-order valence-corrected chi connectivity index (χ4v) is 8.42. The maximum absolute atomic E-state index is 14.4. The quantitative estimate of drug-likeness (QED) is 0.0704. The van der Waals surface area contributed by atoms with E-state index in [9.17, 15) is 38.8 Å². The first-order valence-electron chi connectivity index (χ1n) is 23.0. The Morgan fingerprint density at radius 3 is 1.16 bits per heavy atom. The number of hydroxylamine groups is 2. The molecule has 4 atom stereocenters. The number of methoxy groups -OCH3 is 6. The number of rotatable bonds is 33. The Bertz CT molecular complexity index is 1590. The smallest absolute Gasteiger partial charge is 0.242 e. The van der Waals surface area contributed by atoms with Crippen LogP contribution in [0, 0.1) is 0 Å². The van der Waals surface area contributed by atoms with Gasteiger partial charge in [0.15, 0.2) is 0 Å². The van der Waals surface area contributed by atoms with Gasteiger partial charge in [-0.15, -0.1) is 0 Å². The molecule has 0 aromatic heterocycles. The van der Waals surface area contributed by atoms with Crippen molar-refractivity contribution < 1.29 is 67.2 Å². The Kier molecular flexibility index (Phi) is 27.8. The number of hydrogen-bond donors (Lipinski definition) is 3. The van der Waals surface area contributed by atoms with E-state index in [4.69, 9.17) is 34.2 Å². The maximum atomic E-state index is 14.4. The van der Waals surface area contributed by atoms with Gasteiger partial charge >= 0.3 is 0 Å². The Morgan fingerprint density at radius 2 is 0.838 bits per heavy atom. The second-order valence-electron chi connectivity index (χ2n) is 18.8. The van der Waals surface area contributed by atoms with Crippen molar-refractivity contribution >= 4 is 41.4 Å². The summed E-state index contributed by atoms with van der Waals surface area (Å²) in [6.07, 6.45) is 1.14. The number of nitrogens with one attached hydrogen (secondary N) is 1. The van der Waals surface area contributed by atoms with E-state index in [1.54, 1.807) is 27.7 Å². The normalized spacial score (nSPS) is 16.5. The second-order valence-corrected chi connectivity index (χ2v) is 18.8. The van der Waals surface area contributed by atoms with Gasteiger partial charge in [0.25, 0.3) is 0 Å². The first-order valence-corrected chi connectivity index (χ1v) is 23.0. The molecule has 0 bridgehead atoms. The van der Waals surface area contributed by atoms with Crippen LogP contribution in [0.25, 0.3) is 0 Å². The minimum Gasteiger partial charge on any atom is -0.383 e. The van der Waals surface area contributed by atoms with Gasteiger partial charge in [-0.1, -0.05) is 0 Å².